The zero-order valence-electron chi connectivity index (χ0n) is 11.4. The standard InChI is InChI=1S/C17H13NO3/c1-11(19)15-9-12-7-8-14(10-16(12)18-17(15)20)21-13-5-3-2-4-6-13/h2-10H,1H3,(H,18,20). The van der Waals surface area contributed by atoms with Crippen LogP contribution in [0.25, 0.3) is 10.9 Å². The number of rotatable bonds is 3. The largest absolute Gasteiger partial charge is 0.457 e. The van der Waals surface area contributed by atoms with E-state index in [2.05, 4.69) is 4.98 Å². The van der Waals surface area contributed by atoms with Crippen LogP contribution in [0.5, 0.6) is 11.5 Å². The van der Waals surface area contributed by atoms with Crippen molar-refractivity contribution in [1.82, 2.24) is 4.98 Å². The summed E-state index contributed by atoms with van der Waals surface area (Å²) in [6.07, 6.45) is 0. The fraction of sp³-hybridized carbons (Fsp3) is 0.0588. The van der Waals surface area contributed by atoms with Crippen molar-refractivity contribution in [3.8, 4) is 11.5 Å². The van der Waals surface area contributed by atoms with E-state index < -0.39 is 0 Å². The third-order valence-corrected chi connectivity index (χ3v) is 3.18. The van der Waals surface area contributed by atoms with E-state index in [9.17, 15) is 9.59 Å². The molecule has 3 rings (SSSR count). The third kappa shape index (κ3) is 2.69. The van der Waals surface area contributed by atoms with Gasteiger partial charge in [-0.05, 0) is 42.6 Å². The van der Waals surface area contributed by atoms with E-state index in [0.717, 1.165) is 11.1 Å². The number of hydrogen-bond acceptors (Lipinski definition) is 3. The molecule has 1 aromatic heterocycles. The number of aromatic nitrogens is 1. The van der Waals surface area contributed by atoms with Crippen molar-refractivity contribution in [3.05, 3.63) is 70.5 Å². The highest BCUT2D eigenvalue weighted by atomic mass is 16.5. The van der Waals surface area contributed by atoms with Gasteiger partial charge in [0.05, 0.1) is 11.1 Å². The van der Waals surface area contributed by atoms with Crippen LogP contribution in [0.1, 0.15) is 17.3 Å². The normalized spacial score (nSPS) is 10.5. The molecule has 0 saturated carbocycles. The Morgan fingerprint density at radius 2 is 1.76 bits per heavy atom. The molecule has 0 saturated heterocycles. The molecule has 104 valence electrons. The average Bonchev–Trinajstić information content (AvgIpc) is 2.47. The summed E-state index contributed by atoms with van der Waals surface area (Å²) in [5.41, 5.74) is 0.421. The Labute approximate surface area is 121 Å². The Balaban J connectivity index is 2.03. The average molecular weight is 279 g/mol. The Kier molecular flexibility index (Phi) is 3.28. The Morgan fingerprint density at radius 1 is 1.00 bits per heavy atom. The number of fused-ring (bicyclic) bond motifs is 1. The molecule has 2 aromatic carbocycles. The summed E-state index contributed by atoms with van der Waals surface area (Å²) in [6.45, 7) is 1.38. The Hall–Kier alpha value is -2.88. The summed E-state index contributed by atoms with van der Waals surface area (Å²) in [4.78, 5) is 25.9. The number of hydrogen-bond donors (Lipinski definition) is 1. The lowest BCUT2D eigenvalue weighted by Gasteiger charge is -2.07. The lowest BCUT2D eigenvalue weighted by atomic mass is 10.1. The van der Waals surface area contributed by atoms with Crippen LogP contribution in [0.15, 0.2) is 59.4 Å². The number of H-pyrrole nitrogens is 1. The van der Waals surface area contributed by atoms with Crippen LogP contribution in [0.4, 0.5) is 0 Å². The van der Waals surface area contributed by atoms with E-state index in [1.165, 1.54) is 6.92 Å². The summed E-state index contributed by atoms with van der Waals surface area (Å²) < 4.78 is 5.72. The maximum absolute atomic E-state index is 11.8. The number of para-hydroxylation sites is 1. The lowest BCUT2D eigenvalue weighted by molar-refractivity contribution is 0.101. The smallest absolute Gasteiger partial charge is 0.259 e. The number of ketones is 1. The molecule has 4 nitrogen and oxygen atoms in total. The van der Waals surface area contributed by atoms with E-state index in [1.54, 1.807) is 18.2 Å². The molecular formula is C17H13NO3. The van der Waals surface area contributed by atoms with Crippen LogP contribution >= 0.6 is 0 Å². The fourth-order valence-corrected chi connectivity index (χ4v) is 2.13. The second-order valence-corrected chi connectivity index (χ2v) is 4.73. The topological polar surface area (TPSA) is 59.2 Å². The minimum Gasteiger partial charge on any atom is -0.457 e. The molecule has 0 atom stereocenters. The van der Waals surface area contributed by atoms with Gasteiger partial charge in [0.1, 0.15) is 11.5 Å². The van der Waals surface area contributed by atoms with E-state index in [4.69, 9.17) is 4.74 Å². The van der Waals surface area contributed by atoms with Crippen LogP contribution < -0.4 is 10.3 Å². The first-order valence-corrected chi connectivity index (χ1v) is 6.54. The van der Waals surface area contributed by atoms with E-state index in [1.807, 2.05) is 36.4 Å². The number of carbonyl (C=O) groups is 1. The van der Waals surface area contributed by atoms with E-state index in [-0.39, 0.29) is 16.9 Å². The zero-order valence-corrected chi connectivity index (χ0v) is 11.4. The van der Waals surface area contributed by atoms with Gasteiger partial charge >= 0.3 is 0 Å². The number of ether oxygens (including phenoxy) is 1. The molecule has 0 fully saturated rings. The molecular weight excluding hydrogens is 266 g/mol. The minimum absolute atomic E-state index is 0.166. The Morgan fingerprint density at radius 3 is 2.48 bits per heavy atom. The number of carbonyl (C=O) groups excluding carboxylic acids is 1. The molecule has 1 N–H and O–H groups in total. The van der Waals surface area contributed by atoms with Crippen LogP contribution in [-0.2, 0) is 0 Å². The van der Waals surface area contributed by atoms with Crippen molar-refractivity contribution in [3.63, 3.8) is 0 Å². The maximum Gasteiger partial charge on any atom is 0.259 e. The van der Waals surface area contributed by atoms with Crippen LogP contribution in [-0.4, -0.2) is 10.8 Å². The van der Waals surface area contributed by atoms with E-state index in [0.29, 0.717) is 11.3 Å². The first kappa shape index (κ1) is 13.1. The fourth-order valence-electron chi connectivity index (χ4n) is 2.13. The van der Waals surface area contributed by atoms with Crippen molar-refractivity contribution in [2.75, 3.05) is 0 Å². The van der Waals surface area contributed by atoms with Gasteiger partial charge in [-0.3, -0.25) is 9.59 Å². The number of aromatic amines is 1. The number of nitrogens with one attached hydrogen (secondary N) is 1. The first-order valence-electron chi connectivity index (χ1n) is 6.54. The number of benzene rings is 2. The van der Waals surface area contributed by atoms with Gasteiger partial charge in [0, 0.05) is 6.07 Å². The molecule has 4 heteroatoms. The van der Waals surface area contributed by atoms with Crippen molar-refractivity contribution in [2.24, 2.45) is 0 Å². The molecule has 1 heterocycles. The highest BCUT2D eigenvalue weighted by molar-refractivity contribution is 5.97. The van der Waals surface area contributed by atoms with Crippen molar-refractivity contribution in [1.29, 1.82) is 0 Å². The predicted molar refractivity (Wildman–Crippen MR) is 81.1 cm³/mol. The van der Waals surface area contributed by atoms with Crippen molar-refractivity contribution < 1.29 is 9.53 Å². The maximum atomic E-state index is 11.8. The predicted octanol–water partition coefficient (Wildman–Crippen LogP) is 3.52. The lowest BCUT2D eigenvalue weighted by Crippen LogP contribution is -2.15. The highest BCUT2D eigenvalue weighted by Gasteiger charge is 2.08. The summed E-state index contributed by atoms with van der Waals surface area (Å²) in [7, 11) is 0. The second kappa shape index (κ2) is 5.25. The molecule has 3 aromatic rings. The van der Waals surface area contributed by atoms with Crippen LogP contribution in [0.2, 0.25) is 0 Å². The van der Waals surface area contributed by atoms with Gasteiger partial charge in [0.25, 0.3) is 5.56 Å². The van der Waals surface area contributed by atoms with Gasteiger partial charge < -0.3 is 9.72 Å². The van der Waals surface area contributed by atoms with Gasteiger partial charge in [-0.2, -0.15) is 0 Å². The zero-order chi connectivity index (χ0) is 14.8. The van der Waals surface area contributed by atoms with Gasteiger partial charge in [0.2, 0.25) is 0 Å². The monoisotopic (exact) mass is 279 g/mol. The molecule has 0 unspecified atom stereocenters. The number of Topliss-reactive ketones (excluding diaryl/α,β-unsaturated/α-hetero) is 1. The second-order valence-electron chi connectivity index (χ2n) is 4.73. The minimum atomic E-state index is -0.383. The summed E-state index contributed by atoms with van der Waals surface area (Å²) in [6, 6.07) is 16.4. The molecule has 0 aliphatic heterocycles. The molecule has 0 bridgehead atoms. The van der Waals surface area contributed by atoms with Gasteiger partial charge in [-0.1, -0.05) is 18.2 Å². The highest BCUT2D eigenvalue weighted by Crippen LogP contribution is 2.24. The molecule has 0 aliphatic carbocycles. The summed E-state index contributed by atoms with van der Waals surface area (Å²) in [5.74, 6) is 1.10. The molecule has 0 spiro atoms. The summed E-state index contributed by atoms with van der Waals surface area (Å²) >= 11 is 0. The summed E-state index contributed by atoms with van der Waals surface area (Å²) in [5, 5.41) is 0.792. The molecule has 0 aliphatic rings. The van der Waals surface area contributed by atoms with Gasteiger partial charge in [-0.25, -0.2) is 0 Å². The molecule has 0 amide bonds. The van der Waals surface area contributed by atoms with Crippen LogP contribution in [0.3, 0.4) is 0 Å². The quantitative estimate of drug-likeness (QED) is 0.746. The Bertz CT molecular complexity index is 866. The van der Waals surface area contributed by atoms with E-state index >= 15 is 0 Å². The molecule has 21 heavy (non-hydrogen) atoms. The number of pyridine rings is 1. The molecule has 0 radical (unpaired) electrons. The third-order valence-electron chi connectivity index (χ3n) is 3.18. The van der Waals surface area contributed by atoms with Crippen molar-refractivity contribution in [2.45, 2.75) is 6.92 Å². The van der Waals surface area contributed by atoms with Gasteiger partial charge in [-0.15, -0.1) is 0 Å². The first-order chi connectivity index (χ1) is 10.1. The van der Waals surface area contributed by atoms with Gasteiger partial charge in [0.15, 0.2) is 5.78 Å². The van der Waals surface area contributed by atoms with Crippen molar-refractivity contribution >= 4 is 16.7 Å². The van der Waals surface area contributed by atoms with Crippen LogP contribution in [0, 0.1) is 0 Å². The SMILES string of the molecule is CC(=O)c1cc2ccc(Oc3ccccc3)cc2[nH]c1=O.